The van der Waals surface area contributed by atoms with Crippen LogP contribution in [0.3, 0.4) is 0 Å². The van der Waals surface area contributed by atoms with Gasteiger partial charge < -0.3 is 4.74 Å². The van der Waals surface area contributed by atoms with Gasteiger partial charge in [0.2, 0.25) is 0 Å². The summed E-state index contributed by atoms with van der Waals surface area (Å²) in [6.07, 6.45) is 1.23. The molecule has 66 valence electrons. The Labute approximate surface area is 73.7 Å². The van der Waals surface area contributed by atoms with Crippen LogP contribution in [0.25, 0.3) is 0 Å². The van der Waals surface area contributed by atoms with Gasteiger partial charge in [0.25, 0.3) is 0 Å². The van der Waals surface area contributed by atoms with Crippen molar-refractivity contribution >= 4 is 18.6 Å². The van der Waals surface area contributed by atoms with Crippen molar-refractivity contribution in [2.45, 2.75) is 39.2 Å². The molecule has 0 spiro atoms. The molecule has 0 aromatic rings. The van der Waals surface area contributed by atoms with Gasteiger partial charge >= 0.3 is 5.97 Å². The van der Waals surface area contributed by atoms with Gasteiger partial charge in [-0.1, -0.05) is 6.92 Å². The number of hydrogen-bond acceptors (Lipinski definition) is 3. The molecule has 0 rings (SSSR count). The highest BCUT2D eigenvalue weighted by atomic mass is 32.1. The maximum absolute atomic E-state index is 10.9. The summed E-state index contributed by atoms with van der Waals surface area (Å²) in [5.41, 5.74) is -0.319. The van der Waals surface area contributed by atoms with Gasteiger partial charge in [0.05, 0.1) is 6.42 Å². The number of rotatable bonds is 4. The van der Waals surface area contributed by atoms with Gasteiger partial charge in [-0.25, -0.2) is 0 Å². The van der Waals surface area contributed by atoms with Crippen LogP contribution in [0.2, 0.25) is 0 Å². The van der Waals surface area contributed by atoms with Crippen LogP contribution in [0, 0.1) is 0 Å². The summed E-state index contributed by atoms with van der Waals surface area (Å²) in [6, 6.07) is 0. The van der Waals surface area contributed by atoms with E-state index in [4.69, 9.17) is 4.74 Å². The Morgan fingerprint density at radius 1 is 1.55 bits per heavy atom. The Balaban J connectivity index is 3.74. The molecule has 0 aliphatic rings. The van der Waals surface area contributed by atoms with Crippen LogP contribution in [0.1, 0.15) is 33.6 Å². The van der Waals surface area contributed by atoms with Crippen LogP contribution >= 0.6 is 12.6 Å². The number of carbonyl (C=O) groups is 1. The van der Waals surface area contributed by atoms with E-state index >= 15 is 0 Å². The normalized spacial score (nSPS) is 11.3. The summed E-state index contributed by atoms with van der Waals surface area (Å²) in [5, 5.41) is 0. The molecule has 2 nitrogen and oxygen atoms in total. The van der Waals surface area contributed by atoms with Crippen LogP contribution in [-0.4, -0.2) is 17.3 Å². The van der Waals surface area contributed by atoms with E-state index in [0.717, 1.165) is 6.42 Å². The molecule has 0 aromatic carbocycles. The van der Waals surface area contributed by atoms with E-state index in [1.165, 1.54) is 0 Å². The maximum atomic E-state index is 10.9. The molecule has 0 unspecified atom stereocenters. The van der Waals surface area contributed by atoms with E-state index < -0.39 is 0 Å². The lowest BCUT2D eigenvalue weighted by Crippen LogP contribution is -2.27. The zero-order chi connectivity index (χ0) is 8.91. The first-order valence-electron chi connectivity index (χ1n) is 3.84. The molecule has 0 fully saturated rings. The Morgan fingerprint density at radius 3 is 2.45 bits per heavy atom. The van der Waals surface area contributed by atoms with Crippen molar-refractivity contribution in [3.05, 3.63) is 0 Å². The van der Waals surface area contributed by atoms with E-state index in [1.807, 2.05) is 20.8 Å². The minimum Gasteiger partial charge on any atom is -0.460 e. The summed E-state index contributed by atoms with van der Waals surface area (Å²) >= 11 is 3.94. The van der Waals surface area contributed by atoms with Gasteiger partial charge in [-0.15, -0.1) is 0 Å². The van der Waals surface area contributed by atoms with Crippen molar-refractivity contribution in [3.63, 3.8) is 0 Å². The lowest BCUT2D eigenvalue weighted by molar-refractivity contribution is -0.156. The molecule has 0 saturated carbocycles. The number of thiol groups is 1. The first kappa shape index (κ1) is 10.8. The number of esters is 1. The Bertz CT molecular complexity index is 132. The molecular formula is C8H16O2S. The summed E-state index contributed by atoms with van der Waals surface area (Å²) in [6.45, 7) is 5.81. The molecule has 0 atom stereocenters. The summed E-state index contributed by atoms with van der Waals surface area (Å²) in [5.74, 6) is 0.394. The standard InChI is InChI=1S/C8H16O2S/c1-4-8(2,3)10-7(9)5-6-11/h11H,4-6H2,1-3H3. The van der Waals surface area contributed by atoms with Crippen molar-refractivity contribution in [2.75, 3.05) is 5.75 Å². The lowest BCUT2D eigenvalue weighted by Gasteiger charge is -2.22. The molecule has 3 heteroatoms. The quantitative estimate of drug-likeness (QED) is 0.524. The molecule has 0 saturated heterocycles. The molecule has 0 aromatic heterocycles. The maximum Gasteiger partial charge on any atom is 0.307 e. The Kier molecular flexibility index (Phi) is 4.57. The van der Waals surface area contributed by atoms with E-state index in [0.29, 0.717) is 12.2 Å². The molecule has 0 N–H and O–H groups in total. The van der Waals surface area contributed by atoms with E-state index in [2.05, 4.69) is 12.6 Å². The van der Waals surface area contributed by atoms with Crippen LogP contribution < -0.4 is 0 Å². The van der Waals surface area contributed by atoms with Gasteiger partial charge in [-0.05, 0) is 20.3 Å². The zero-order valence-electron chi connectivity index (χ0n) is 7.39. The van der Waals surface area contributed by atoms with Crippen molar-refractivity contribution in [2.24, 2.45) is 0 Å². The smallest absolute Gasteiger partial charge is 0.307 e. The van der Waals surface area contributed by atoms with Crippen LogP contribution in [0.4, 0.5) is 0 Å². The Morgan fingerprint density at radius 2 is 2.09 bits per heavy atom. The molecule has 11 heavy (non-hydrogen) atoms. The second kappa shape index (κ2) is 4.65. The highest BCUT2D eigenvalue weighted by molar-refractivity contribution is 7.80. The first-order valence-corrected chi connectivity index (χ1v) is 4.48. The zero-order valence-corrected chi connectivity index (χ0v) is 8.28. The second-order valence-electron chi connectivity index (χ2n) is 3.06. The molecule has 0 aliphatic heterocycles. The first-order chi connectivity index (χ1) is 5.02. The highest BCUT2D eigenvalue weighted by Gasteiger charge is 2.19. The third-order valence-electron chi connectivity index (χ3n) is 1.56. The average Bonchev–Trinajstić information content (AvgIpc) is 1.87. The molecular weight excluding hydrogens is 160 g/mol. The van der Waals surface area contributed by atoms with E-state index in [9.17, 15) is 4.79 Å². The molecule has 0 bridgehead atoms. The summed E-state index contributed by atoms with van der Waals surface area (Å²) in [4.78, 5) is 10.9. The van der Waals surface area contributed by atoms with Crippen LogP contribution in [-0.2, 0) is 9.53 Å². The number of hydrogen-bond donors (Lipinski definition) is 1. The van der Waals surface area contributed by atoms with Crippen molar-refractivity contribution in [3.8, 4) is 0 Å². The highest BCUT2D eigenvalue weighted by Crippen LogP contribution is 2.14. The van der Waals surface area contributed by atoms with E-state index in [1.54, 1.807) is 0 Å². The predicted octanol–water partition coefficient (Wildman–Crippen LogP) is 2.04. The minimum atomic E-state index is -0.319. The van der Waals surface area contributed by atoms with Gasteiger partial charge in [0.15, 0.2) is 0 Å². The van der Waals surface area contributed by atoms with Crippen molar-refractivity contribution < 1.29 is 9.53 Å². The van der Waals surface area contributed by atoms with Gasteiger partial charge in [0, 0.05) is 5.75 Å². The van der Waals surface area contributed by atoms with Crippen LogP contribution in [0.5, 0.6) is 0 Å². The van der Waals surface area contributed by atoms with Gasteiger partial charge in [-0.3, -0.25) is 4.79 Å². The van der Waals surface area contributed by atoms with Crippen molar-refractivity contribution in [1.29, 1.82) is 0 Å². The average molecular weight is 176 g/mol. The SMILES string of the molecule is CCC(C)(C)OC(=O)CCS. The fraction of sp³-hybridized carbons (Fsp3) is 0.875. The van der Waals surface area contributed by atoms with Crippen molar-refractivity contribution in [1.82, 2.24) is 0 Å². The molecule has 0 aliphatic carbocycles. The fourth-order valence-electron chi connectivity index (χ4n) is 0.523. The largest absolute Gasteiger partial charge is 0.460 e. The number of carbonyl (C=O) groups excluding carboxylic acids is 1. The van der Waals surface area contributed by atoms with Crippen LogP contribution in [0.15, 0.2) is 0 Å². The third-order valence-corrected chi connectivity index (χ3v) is 1.78. The van der Waals surface area contributed by atoms with E-state index in [-0.39, 0.29) is 11.6 Å². The van der Waals surface area contributed by atoms with Gasteiger partial charge in [-0.2, -0.15) is 12.6 Å². The summed E-state index contributed by atoms with van der Waals surface area (Å²) < 4.78 is 5.14. The monoisotopic (exact) mass is 176 g/mol. The lowest BCUT2D eigenvalue weighted by atomic mass is 10.1. The minimum absolute atomic E-state index is 0.160. The van der Waals surface area contributed by atoms with Gasteiger partial charge in [0.1, 0.15) is 5.60 Å². The molecule has 0 radical (unpaired) electrons. The second-order valence-corrected chi connectivity index (χ2v) is 3.51. The third kappa shape index (κ3) is 5.13. The topological polar surface area (TPSA) is 26.3 Å². The predicted molar refractivity (Wildman–Crippen MR) is 48.9 cm³/mol. The summed E-state index contributed by atoms with van der Waals surface area (Å²) in [7, 11) is 0. The molecule has 0 amide bonds. The molecule has 0 heterocycles. The fourth-order valence-corrected chi connectivity index (χ4v) is 0.705. The number of ether oxygens (including phenoxy) is 1. The Hall–Kier alpha value is -0.180.